The van der Waals surface area contributed by atoms with Crippen LogP contribution in [0.4, 0.5) is 0 Å². The molecule has 0 heterocycles. The van der Waals surface area contributed by atoms with E-state index in [9.17, 15) is 0 Å². The summed E-state index contributed by atoms with van der Waals surface area (Å²) in [5, 5.41) is 0. The van der Waals surface area contributed by atoms with Gasteiger partial charge in [0.2, 0.25) is 0 Å². The molecule has 2 aliphatic carbocycles. The molecule has 0 radical (unpaired) electrons. The van der Waals surface area contributed by atoms with Crippen molar-refractivity contribution >= 4 is 0 Å². The molecule has 2 rings (SSSR count). The van der Waals surface area contributed by atoms with Crippen LogP contribution < -0.4 is 0 Å². The predicted molar refractivity (Wildman–Crippen MR) is 66.7 cm³/mol. The van der Waals surface area contributed by atoms with Crippen molar-refractivity contribution in [1.82, 2.24) is 0 Å². The molecular weight excluding hydrogens is 180 g/mol. The fourth-order valence-corrected chi connectivity index (χ4v) is 4.36. The molecule has 0 saturated heterocycles. The van der Waals surface area contributed by atoms with Crippen molar-refractivity contribution in [2.45, 2.75) is 54.9 Å². The zero-order valence-electron chi connectivity index (χ0n) is 11.6. The molecule has 0 bridgehead atoms. The average molecular weight is 208 g/mol. The molecule has 0 aromatic heterocycles. The molecule has 0 amide bonds. The van der Waals surface area contributed by atoms with Gasteiger partial charge in [0.15, 0.2) is 0 Å². The van der Waals surface area contributed by atoms with Gasteiger partial charge >= 0.3 is 0 Å². The molecule has 0 heteroatoms. The van der Waals surface area contributed by atoms with Crippen molar-refractivity contribution in [3.05, 3.63) is 0 Å². The van der Waals surface area contributed by atoms with Crippen molar-refractivity contribution in [1.29, 1.82) is 0 Å². The molecule has 0 spiro atoms. The van der Waals surface area contributed by atoms with Crippen LogP contribution in [0.1, 0.15) is 54.9 Å². The quantitative estimate of drug-likeness (QED) is 0.633. The lowest BCUT2D eigenvalue weighted by Gasteiger charge is -2.32. The van der Waals surface area contributed by atoms with Crippen LogP contribution in [-0.2, 0) is 0 Å². The average Bonchev–Trinajstić information content (AvgIpc) is 2.83. The van der Waals surface area contributed by atoms with Gasteiger partial charge in [-0.05, 0) is 46.8 Å². The Balaban J connectivity index is 1.96. The first-order valence-corrected chi connectivity index (χ1v) is 6.75. The van der Waals surface area contributed by atoms with Gasteiger partial charge in [-0.2, -0.15) is 0 Å². The molecule has 15 heavy (non-hydrogen) atoms. The summed E-state index contributed by atoms with van der Waals surface area (Å²) in [6.07, 6.45) is 1.50. The highest BCUT2D eigenvalue weighted by atomic mass is 14.9. The third kappa shape index (κ3) is 1.33. The van der Waals surface area contributed by atoms with E-state index in [4.69, 9.17) is 0 Å². The molecule has 0 aliphatic heterocycles. The molecular formula is C15H28. The highest BCUT2D eigenvalue weighted by molar-refractivity contribution is 5.33. The fraction of sp³-hybridized carbons (Fsp3) is 1.00. The van der Waals surface area contributed by atoms with Gasteiger partial charge in [0.05, 0.1) is 0 Å². The molecule has 0 aromatic carbocycles. The van der Waals surface area contributed by atoms with E-state index in [-0.39, 0.29) is 0 Å². The summed E-state index contributed by atoms with van der Waals surface area (Å²) in [7, 11) is 0. The van der Waals surface area contributed by atoms with Gasteiger partial charge < -0.3 is 0 Å². The maximum atomic E-state index is 2.50. The van der Waals surface area contributed by atoms with Gasteiger partial charge in [-0.3, -0.25) is 0 Å². The topological polar surface area (TPSA) is 0 Å². The van der Waals surface area contributed by atoms with Crippen molar-refractivity contribution in [3.8, 4) is 0 Å². The standard InChI is InChI=1S/C15H28/c1-9(2)10(3)11(4)12(5)13-14(6)8-15(13,14)7/h9-13H,8H2,1-7H3. The SMILES string of the molecule is CC(C)C(C)C(C)C(C)C1C2(C)CC12C. The molecule has 5 atom stereocenters. The van der Waals surface area contributed by atoms with Crippen molar-refractivity contribution < 1.29 is 0 Å². The van der Waals surface area contributed by atoms with Gasteiger partial charge in [0.25, 0.3) is 0 Å². The van der Waals surface area contributed by atoms with Crippen LogP contribution in [0.3, 0.4) is 0 Å². The first-order valence-electron chi connectivity index (χ1n) is 6.75. The van der Waals surface area contributed by atoms with Crippen LogP contribution >= 0.6 is 0 Å². The number of rotatable bonds is 4. The van der Waals surface area contributed by atoms with E-state index < -0.39 is 0 Å². The van der Waals surface area contributed by atoms with E-state index in [2.05, 4.69) is 48.5 Å². The van der Waals surface area contributed by atoms with Gasteiger partial charge in [0.1, 0.15) is 0 Å². The second-order valence-electron chi connectivity index (χ2n) is 7.31. The fourth-order valence-electron chi connectivity index (χ4n) is 4.36. The van der Waals surface area contributed by atoms with Crippen LogP contribution in [0.15, 0.2) is 0 Å². The Kier molecular flexibility index (Phi) is 2.31. The highest BCUT2D eigenvalue weighted by Crippen LogP contribution is 2.91. The Morgan fingerprint density at radius 2 is 1.33 bits per heavy atom. The second kappa shape index (κ2) is 3.02. The lowest BCUT2D eigenvalue weighted by molar-refractivity contribution is 0.167. The Morgan fingerprint density at radius 3 is 1.60 bits per heavy atom. The number of fused-ring (bicyclic) bond motifs is 1. The van der Waals surface area contributed by atoms with E-state index >= 15 is 0 Å². The zero-order valence-corrected chi connectivity index (χ0v) is 11.6. The normalized spacial score (nSPS) is 48.4. The summed E-state index contributed by atoms with van der Waals surface area (Å²) < 4.78 is 0. The predicted octanol–water partition coefficient (Wildman–Crippen LogP) is 4.60. The number of hydrogen-bond donors (Lipinski definition) is 0. The molecule has 88 valence electrons. The van der Waals surface area contributed by atoms with Crippen molar-refractivity contribution in [3.63, 3.8) is 0 Å². The largest absolute Gasteiger partial charge is 0.0625 e. The molecule has 0 nitrogen and oxygen atoms in total. The third-order valence-corrected chi connectivity index (χ3v) is 6.44. The highest BCUT2D eigenvalue weighted by Gasteiger charge is 2.85. The van der Waals surface area contributed by atoms with Gasteiger partial charge in [-0.1, -0.05) is 48.5 Å². The second-order valence-corrected chi connectivity index (χ2v) is 7.31. The Hall–Kier alpha value is 0. The summed E-state index contributed by atoms with van der Waals surface area (Å²) in [5.41, 5.74) is 1.49. The van der Waals surface area contributed by atoms with Crippen LogP contribution in [0, 0.1) is 40.4 Å². The summed E-state index contributed by atoms with van der Waals surface area (Å²) in [6.45, 7) is 17.1. The molecule has 0 N–H and O–H groups in total. The van der Waals surface area contributed by atoms with Gasteiger partial charge in [-0.25, -0.2) is 0 Å². The summed E-state index contributed by atoms with van der Waals surface area (Å²) in [4.78, 5) is 0. The molecule has 0 aromatic rings. The molecule has 5 unspecified atom stereocenters. The van der Waals surface area contributed by atoms with Crippen LogP contribution in [-0.4, -0.2) is 0 Å². The monoisotopic (exact) mass is 208 g/mol. The maximum Gasteiger partial charge on any atom is -0.0227 e. The smallest absolute Gasteiger partial charge is 0.0227 e. The Labute approximate surface area is 95.8 Å². The van der Waals surface area contributed by atoms with Crippen LogP contribution in [0.25, 0.3) is 0 Å². The van der Waals surface area contributed by atoms with Crippen LogP contribution in [0.2, 0.25) is 0 Å². The Bertz CT molecular complexity index is 253. The van der Waals surface area contributed by atoms with Crippen molar-refractivity contribution in [2.75, 3.05) is 0 Å². The van der Waals surface area contributed by atoms with E-state index in [1.54, 1.807) is 0 Å². The van der Waals surface area contributed by atoms with E-state index in [1.165, 1.54) is 6.42 Å². The molecule has 2 fully saturated rings. The van der Waals surface area contributed by atoms with E-state index in [0.717, 1.165) is 40.4 Å². The minimum Gasteiger partial charge on any atom is -0.0625 e. The number of hydrogen-bond acceptors (Lipinski definition) is 0. The summed E-state index contributed by atoms with van der Waals surface area (Å²) in [6, 6.07) is 0. The lowest BCUT2D eigenvalue weighted by Crippen LogP contribution is -2.25. The van der Waals surface area contributed by atoms with Crippen LogP contribution in [0.5, 0.6) is 0 Å². The van der Waals surface area contributed by atoms with Gasteiger partial charge in [-0.15, -0.1) is 0 Å². The minimum absolute atomic E-state index is 0.747. The summed E-state index contributed by atoms with van der Waals surface area (Å²) in [5.74, 6) is 4.54. The summed E-state index contributed by atoms with van der Waals surface area (Å²) >= 11 is 0. The van der Waals surface area contributed by atoms with Gasteiger partial charge in [0, 0.05) is 0 Å². The molecule has 2 aliphatic rings. The maximum absolute atomic E-state index is 2.50. The minimum atomic E-state index is 0.747. The first kappa shape index (κ1) is 11.5. The Morgan fingerprint density at radius 1 is 0.867 bits per heavy atom. The van der Waals surface area contributed by atoms with Crippen molar-refractivity contribution in [2.24, 2.45) is 40.4 Å². The lowest BCUT2D eigenvalue weighted by atomic mass is 9.73. The van der Waals surface area contributed by atoms with E-state index in [0.29, 0.717) is 0 Å². The first-order chi connectivity index (χ1) is 6.75. The molecule has 2 saturated carbocycles. The third-order valence-electron chi connectivity index (χ3n) is 6.44. The van der Waals surface area contributed by atoms with E-state index in [1.807, 2.05) is 0 Å². The zero-order chi connectivity index (χ0) is 11.6.